The highest BCUT2D eigenvalue weighted by Gasteiger charge is 2.07. The van der Waals surface area contributed by atoms with E-state index in [2.05, 4.69) is 15.9 Å². The van der Waals surface area contributed by atoms with Crippen LogP contribution in [0.3, 0.4) is 0 Å². The number of halogens is 1. The standard InChI is InChI=1S/C13H13BrN2OS/c1-17-10-4-5-11(14)9(7-10)8-16-6-2-3-12(16)13(15)18/h2-7H,8H2,1H3,(H2,15,18). The molecule has 2 aromatic rings. The third-order valence-electron chi connectivity index (χ3n) is 2.68. The van der Waals surface area contributed by atoms with Gasteiger partial charge >= 0.3 is 0 Å². The number of rotatable bonds is 4. The van der Waals surface area contributed by atoms with Crippen LogP contribution < -0.4 is 10.5 Å². The third-order valence-corrected chi connectivity index (χ3v) is 3.66. The number of nitrogens with two attached hydrogens (primary N) is 1. The summed E-state index contributed by atoms with van der Waals surface area (Å²) in [6.07, 6.45) is 1.96. The smallest absolute Gasteiger partial charge is 0.120 e. The van der Waals surface area contributed by atoms with Crippen LogP contribution in [0.15, 0.2) is 41.0 Å². The molecule has 0 spiro atoms. The van der Waals surface area contributed by atoms with Crippen LogP contribution in [0, 0.1) is 0 Å². The fourth-order valence-corrected chi connectivity index (χ4v) is 2.32. The summed E-state index contributed by atoms with van der Waals surface area (Å²) in [5, 5.41) is 0. The molecule has 0 atom stereocenters. The molecule has 3 nitrogen and oxygen atoms in total. The number of nitrogens with zero attached hydrogens (tertiary/aromatic N) is 1. The second-order valence-corrected chi connectivity index (χ2v) is 5.14. The predicted octanol–water partition coefficient (Wildman–Crippen LogP) is 2.94. The van der Waals surface area contributed by atoms with Gasteiger partial charge in [0.2, 0.25) is 0 Å². The summed E-state index contributed by atoms with van der Waals surface area (Å²) in [4.78, 5) is 0.402. The molecule has 1 heterocycles. The van der Waals surface area contributed by atoms with Crippen molar-refractivity contribution in [2.24, 2.45) is 5.73 Å². The van der Waals surface area contributed by atoms with Crippen LogP contribution >= 0.6 is 28.1 Å². The monoisotopic (exact) mass is 324 g/mol. The van der Waals surface area contributed by atoms with Crippen molar-refractivity contribution in [2.75, 3.05) is 7.11 Å². The van der Waals surface area contributed by atoms with Crippen LogP contribution in [0.5, 0.6) is 5.75 Å². The topological polar surface area (TPSA) is 40.2 Å². The SMILES string of the molecule is COc1ccc(Br)c(Cn2cccc2C(N)=S)c1. The lowest BCUT2D eigenvalue weighted by molar-refractivity contribution is 0.414. The second kappa shape index (κ2) is 5.54. The molecule has 0 aliphatic carbocycles. The molecule has 0 radical (unpaired) electrons. The van der Waals surface area contributed by atoms with E-state index in [1.807, 2.05) is 41.1 Å². The number of methoxy groups -OCH3 is 1. The molecule has 0 saturated heterocycles. The molecular weight excluding hydrogens is 312 g/mol. The van der Waals surface area contributed by atoms with Gasteiger partial charge in [-0.15, -0.1) is 0 Å². The number of benzene rings is 1. The Balaban J connectivity index is 2.33. The van der Waals surface area contributed by atoms with Crippen LogP contribution in [0.2, 0.25) is 0 Å². The van der Waals surface area contributed by atoms with Gasteiger partial charge in [0.05, 0.1) is 12.8 Å². The predicted molar refractivity (Wildman–Crippen MR) is 80.1 cm³/mol. The highest BCUT2D eigenvalue weighted by Crippen LogP contribution is 2.23. The number of hydrogen-bond donors (Lipinski definition) is 1. The molecule has 5 heteroatoms. The first-order chi connectivity index (χ1) is 8.61. The molecule has 2 rings (SSSR count). The zero-order valence-corrected chi connectivity index (χ0v) is 12.3. The molecule has 18 heavy (non-hydrogen) atoms. The fourth-order valence-electron chi connectivity index (χ4n) is 1.76. The number of hydrogen-bond acceptors (Lipinski definition) is 2. The van der Waals surface area contributed by atoms with Gasteiger partial charge in [0, 0.05) is 17.2 Å². The normalized spacial score (nSPS) is 10.3. The molecule has 2 N–H and O–H groups in total. The second-order valence-electron chi connectivity index (χ2n) is 3.84. The van der Waals surface area contributed by atoms with Crippen LogP contribution in [-0.4, -0.2) is 16.7 Å². The summed E-state index contributed by atoms with van der Waals surface area (Å²) < 4.78 is 8.28. The Labute approximate surface area is 120 Å². The number of aromatic nitrogens is 1. The van der Waals surface area contributed by atoms with E-state index in [9.17, 15) is 0 Å². The number of thiocarbonyl (C=S) groups is 1. The Hall–Kier alpha value is -1.33. The maximum Gasteiger partial charge on any atom is 0.120 e. The van der Waals surface area contributed by atoms with Gasteiger partial charge in [-0.05, 0) is 35.9 Å². The molecule has 1 aromatic carbocycles. The highest BCUT2D eigenvalue weighted by atomic mass is 79.9. The maximum absolute atomic E-state index is 5.68. The van der Waals surface area contributed by atoms with Gasteiger partial charge in [-0.25, -0.2) is 0 Å². The van der Waals surface area contributed by atoms with Crippen molar-refractivity contribution in [3.63, 3.8) is 0 Å². The Bertz CT molecular complexity index is 580. The molecular formula is C13H13BrN2OS. The van der Waals surface area contributed by atoms with Crippen molar-refractivity contribution >= 4 is 33.1 Å². The van der Waals surface area contributed by atoms with E-state index in [1.54, 1.807) is 7.11 Å². The van der Waals surface area contributed by atoms with Gasteiger partial charge < -0.3 is 15.0 Å². The Morgan fingerprint density at radius 1 is 1.44 bits per heavy atom. The summed E-state index contributed by atoms with van der Waals surface area (Å²) in [6, 6.07) is 9.72. The minimum atomic E-state index is 0.402. The van der Waals surface area contributed by atoms with E-state index >= 15 is 0 Å². The maximum atomic E-state index is 5.68. The zero-order chi connectivity index (χ0) is 13.1. The largest absolute Gasteiger partial charge is 0.497 e. The first-order valence-electron chi connectivity index (χ1n) is 5.39. The first-order valence-corrected chi connectivity index (χ1v) is 6.59. The van der Waals surface area contributed by atoms with Gasteiger partial charge in [0.15, 0.2) is 0 Å². The molecule has 1 aromatic heterocycles. The Morgan fingerprint density at radius 3 is 2.89 bits per heavy atom. The molecule has 0 saturated carbocycles. The van der Waals surface area contributed by atoms with Gasteiger partial charge in [-0.1, -0.05) is 28.1 Å². The molecule has 0 bridgehead atoms. The fraction of sp³-hybridized carbons (Fsp3) is 0.154. The Morgan fingerprint density at radius 2 is 2.22 bits per heavy atom. The van der Waals surface area contributed by atoms with Crippen molar-refractivity contribution in [3.05, 3.63) is 52.3 Å². The summed E-state index contributed by atoms with van der Waals surface area (Å²) in [5.74, 6) is 0.831. The summed E-state index contributed by atoms with van der Waals surface area (Å²) in [6.45, 7) is 0.692. The van der Waals surface area contributed by atoms with E-state index in [0.29, 0.717) is 11.5 Å². The molecule has 0 fully saturated rings. The van der Waals surface area contributed by atoms with Crippen molar-refractivity contribution in [1.29, 1.82) is 0 Å². The lowest BCUT2D eigenvalue weighted by atomic mass is 10.2. The molecule has 94 valence electrons. The van der Waals surface area contributed by atoms with E-state index in [1.165, 1.54) is 0 Å². The first kappa shape index (κ1) is 13.1. The van der Waals surface area contributed by atoms with Gasteiger partial charge in [-0.3, -0.25) is 0 Å². The molecule has 0 amide bonds. The van der Waals surface area contributed by atoms with Gasteiger partial charge in [0.1, 0.15) is 10.7 Å². The van der Waals surface area contributed by atoms with Crippen LogP contribution in [-0.2, 0) is 6.54 Å². The molecule has 0 unspecified atom stereocenters. The van der Waals surface area contributed by atoms with E-state index < -0.39 is 0 Å². The van der Waals surface area contributed by atoms with E-state index in [4.69, 9.17) is 22.7 Å². The summed E-state index contributed by atoms with van der Waals surface area (Å²) in [5.41, 5.74) is 7.66. The van der Waals surface area contributed by atoms with Gasteiger partial charge in [-0.2, -0.15) is 0 Å². The van der Waals surface area contributed by atoms with E-state index in [-0.39, 0.29) is 0 Å². The summed E-state index contributed by atoms with van der Waals surface area (Å²) >= 11 is 8.56. The molecule has 0 aliphatic rings. The number of ether oxygens (including phenoxy) is 1. The average Bonchev–Trinajstić information content (AvgIpc) is 2.80. The van der Waals surface area contributed by atoms with Gasteiger partial charge in [0.25, 0.3) is 0 Å². The highest BCUT2D eigenvalue weighted by molar-refractivity contribution is 9.10. The van der Waals surface area contributed by atoms with Crippen molar-refractivity contribution < 1.29 is 4.74 Å². The van der Waals surface area contributed by atoms with Crippen molar-refractivity contribution in [3.8, 4) is 5.75 Å². The Kier molecular flexibility index (Phi) is 4.04. The quantitative estimate of drug-likeness (QED) is 0.879. The van der Waals surface area contributed by atoms with Crippen molar-refractivity contribution in [1.82, 2.24) is 4.57 Å². The lowest BCUT2D eigenvalue weighted by Gasteiger charge is -2.11. The third kappa shape index (κ3) is 2.73. The summed E-state index contributed by atoms with van der Waals surface area (Å²) in [7, 11) is 1.66. The van der Waals surface area contributed by atoms with E-state index in [0.717, 1.165) is 21.5 Å². The van der Waals surface area contributed by atoms with Crippen LogP contribution in [0.25, 0.3) is 0 Å². The van der Waals surface area contributed by atoms with Crippen LogP contribution in [0.4, 0.5) is 0 Å². The minimum absolute atomic E-state index is 0.402. The zero-order valence-electron chi connectivity index (χ0n) is 9.89. The lowest BCUT2D eigenvalue weighted by Crippen LogP contribution is -2.15. The minimum Gasteiger partial charge on any atom is -0.497 e. The van der Waals surface area contributed by atoms with Crippen molar-refractivity contribution in [2.45, 2.75) is 6.54 Å². The van der Waals surface area contributed by atoms with Crippen LogP contribution in [0.1, 0.15) is 11.3 Å². The average molecular weight is 325 g/mol. The molecule has 0 aliphatic heterocycles.